The molecule has 0 unspecified atom stereocenters. The van der Waals surface area contributed by atoms with E-state index < -0.39 is 0 Å². The molecule has 4 heteroatoms. The van der Waals surface area contributed by atoms with Crippen molar-refractivity contribution in [2.24, 2.45) is 0 Å². The van der Waals surface area contributed by atoms with E-state index in [1.165, 1.54) is 0 Å². The van der Waals surface area contributed by atoms with Gasteiger partial charge in [0.25, 0.3) is 0 Å². The molecular formula is C9H8IrN3-. The molecule has 0 fully saturated rings. The average molecular weight is 350 g/mol. The number of pyridine rings is 1. The Balaban J connectivity index is 0.000000845. The summed E-state index contributed by atoms with van der Waals surface area (Å²) < 4.78 is 1.63. The molecule has 2 heterocycles. The first kappa shape index (κ1) is 10.1. The maximum Gasteiger partial charge on any atom is 0.0519 e. The van der Waals surface area contributed by atoms with Crippen LogP contribution in [0.2, 0.25) is 0 Å². The van der Waals surface area contributed by atoms with Gasteiger partial charge in [0.15, 0.2) is 0 Å². The molecule has 2 rings (SSSR count). The van der Waals surface area contributed by atoms with Gasteiger partial charge in [-0.15, -0.1) is 6.07 Å². The summed E-state index contributed by atoms with van der Waals surface area (Å²) in [6, 6.07) is 7.52. The quantitative estimate of drug-likeness (QED) is 0.728. The number of rotatable bonds is 1. The van der Waals surface area contributed by atoms with Crippen molar-refractivity contribution < 1.29 is 20.1 Å². The summed E-state index contributed by atoms with van der Waals surface area (Å²) in [5.74, 6) is 0.797. The van der Waals surface area contributed by atoms with E-state index in [2.05, 4.69) is 16.3 Å². The van der Waals surface area contributed by atoms with Gasteiger partial charge in [-0.25, -0.2) is 0 Å². The maximum absolute atomic E-state index is 4.18. The number of nitrogens with zero attached hydrogens (tertiary/aromatic N) is 3. The second-order valence-corrected chi connectivity index (χ2v) is 2.51. The van der Waals surface area contributed by atoms with Gasteiger partial charge in [-0.3, -0.25) is 5.10 Å². The molecule has 0 aromatic carbocycles. The van der Waals surface area contributed by atoms with Gasteiger partial charge in [0, 0.05) is 26.3 Å². The molecular weight excluding hydrogens is 342 g/mol. The predicted octanol–water partition coefficient (Wildman–Crippen LogP) is 1.37. The van der Waals surface area contributed by atoms with Crippen LogP contribution < -0.4 is 0 Å². The molecule has 2 aromatic rings. The maximum atomic E-state index is 4.18. The van der Waals surface area contributed by atoms with Crippen LogP contribution in [0.25, 0.3) is 5.82 Å². The molecule has 0 aliphatic carbocycles. The van der Waals surface area contributed by atoms with E-state index in [-0.39, 0.29) is 20.1 Å². The normalized spacial score (nSPS) is 9.31. The van der Waals surface area contributed by atoms with E-state index in [0.29, 0.717) is 0 Å². The minimum absolute atomic E-state index is 0. The minimum Gasteiger partial charge on any atom is -0.343 e. The van der Waals surface area contributed by atoms with Gasteiger partial charge in [0.1, 0.15) is 0 Å². The zero-order chi connectivity index (χ0) is 8.39. The van der Waals surface area contributed by atoms with E-state index in [9.17, 15) is 0 Å². The van der Waals surface area contributed by atoms with E-state index >= 15 is 0 Å². The zero-order valence-electron chi connectivity index (χ0n) is 7.06. The monoisotopic (exact) mass is 351 g/mol. The van der Waals surface area contributed by atoms with Crippen LogP contribution in [0.1, 0.15) is 5.69 Å². The Labute approximate surface area is 90.2 Å². The Morgan fingerprint density at radius 3 is 2.77 bits per heavy atom. The summed E-state index contributed by atoms with van der Waals surface area (Å²) in [5, 5.41) is 4.18. The first-order chi connectivity index (χ1) is 5.86. The third-order valence-electron chi connectivity index (χ3n) is 1.52. The van der Waals surface area contributed by atoms with E-state index in [1.54, 1.807) is 10.9 Å². The molecule has 0 N–H and O–H groups in total. The van der Waals surface area contributed by atoms with Crippen molar-refractivity contribution >= 4 is 0 Å². The molecule has 2 aromatic heterocycles. The van der Waals surface area contributed by atoms with E-state index in [4.69, 9.17) is 0 Å². The number of aromatic nitrogens is 3. The standard InChI is InChI=1S/C9H8N3.Ir/c1-8-5-7-12(11-8)9-4-2-3-6-10-9;/h2-6H,1H3;/q-1;. The SMILES string of the molecule is Cc1c[c-]n(-c2ccccn2)n1.[Ir]. The van der Waals surface area contributed by atoms with Gasteiger partial charge in [0.2, 0.25) is 0 Å². The van der Waals surface area contributed by atoms with Crippen LogP contribution in [0, 0.1) is 13.1 Å². The fraction of sp³-hybridized carbons (Fsp3) is 0.111. The summed E-state index contributed by atoms with van der Waals surface area (Å²) in [7, 11) is 0. The average Bonchev–Trinajstić information content (AvgIpc) is 2.54. The van der Waals surface area contributed by atoms with Crippen LogP contribution in [0.4, 0.5) is 0 Å². The van der Waals surface area contributed by atoms with Crippen LogP contribution in [0.15, 0.2) is 30.5 Å². The Hall–Kier alpha value is -0.991. The fourth-order valence-corrected chi connectivity index (χ4v) is 0.966. The van der Waals surface area contributed by atoms with Crippen LogP contribution in [0.3, 0.4) is 0 Å². The van der Waals surface area contributed by atoms with Gasteiger partial charge in [-0.2, -0.15) is 0 Å². The fourth-order valence-electron chi connectivity index (χ4n) is 0.966. The molecule has 0 aliphatic rings. The van der Waals surface area contributed by atoms with Gasteiger partial charge < -0.3 is 9.67 Å². The van der Waals surface area contributed by atoms with E-state index in [0.717, 1.165) is 11.5 Å². The molecule has 1 radical (unpaired) electrons. The first-order valence-electron chi connectivity index (χ1n) is 3.72. The van der Waals surface area contributed by atoms with Crippen LogP contribution in [0.5, 0.6) is 0 Å². The minimum atomic E-state index is 0. The van der Waals surface area contributed by atoms with E-state index in [1.807, 2.05) is 31.2 Å². The summed E-state index contributed by atoms with van der Waals surface area (Å²) in [4.78, 5) is 4.13. The molecule has 0 spiro atoms. The summed E-state index contributed by atoms with van der Waals surface area (Å²) in [6.07, 6.45) is 4.70. The predicted molar refractivity (Wildman–Crippen MR) is 44.9 cm³/mol. The smallest absolute Gasteiger partial charge is 0.0519 e. The number of aryl methyl sites for hydroxylation is 1. The van der Waals surface area contributed by atoms with Crippen molar-refractivity contribution in [3.8, 4) is 5.82 Å². The van der Waals surface area contributed by atoms with Crippen molar-refractivity contribution in [1.82, 2.24) is 14.8 Å². The molecule has 3 nitrogen and oxygen atoms in total. The molecule has 69 valence electrons. The molecule has 0 saturated heterocycles. The van der Waals surface area contributed by atoms with Crippen molar-refractivity contribution in [3.63, 3.8) is 0 Å². The van der Waals surface area contributed by atoms with Gasteiger partial charge >= 0.3 is 0 Å². The summed E-state index contributed by atoms with van der Waals surface area (Å²) in [5.41, 5.74) is 0.945. The molecule has 0 saturated carbocycles. The number of hydrogen-bond acceptors (Lipinski definition) is 2. The number of hydrogen-bond donors (Lipinski definition) is 0. The third-order valence-corrected chi connectivity index (χ3v) is 1.52. The molecule has 0 aliphatic heterocycles. The Morgan fingerprint density at radius 2 is 2.23 bits per heavy atom. The second kappa shape index (κ2) is 4.30. The van der Waals surface area contributed by atoms with Gasteiger partial charge in [-0.1, -0.05) is 25.3 Å². The van der Waals surface area contributed by atoms with Gasteiger partial charge in [-0.05, 0) is 11.8 Å². The third kappa shape index (κ3) is 2.23. The summed E-state index contributed by atoms with van der Waals surface area (Å²) in [6.45, 7) is 1.93. The largest absolute Gasteiger partial charge is 0.343 e. The van der Waals surface area contributed by atoms with Crippen LogP contribution in [-0.4, -0.2) is 14.8 Å². The molecule has 13 heavy (non-hydrogen) atoms. The van der Waals surface area contributed by atoms with Crippen LogP contribution in [-0.2, 0) is 20.1 Å². The molecule has 0 atom stereocenters. The Bertz CT molecular complexity index is 369. The van der Waals surface area contributed by atoms with Crippen molar-refractivity contribution in [3.05, 3.63) is 42.4 Å². The second-order valence-electron chi connectivity index (χ2n) is 2.51. The van der Waals surface area contributed by atoms with Crippen LogP contribution >= 0.6 is 0 Å². The summed E-state index contributed by atoms with van der Waals surface area (Å²) >= 11 is 0. The van der Waals surface area contributed by atoms with Gasteiger partial charge in [0.05, 0.1) is 5.82 Å². The Kier molecular flexibility index (Phi) is 3.34. The molecule has 0 bridgehead atoms. The molecule has 0 amide bonds. The van der Waals surface area contributed by atoms with Crippen molar-refractivity contribution in [2.75, 3.05) is 0 Å². The van der Waals surface area contributed by atoms with Crippen molar-refractivity contribution in [2.45, 2.75) is 6.92 Å². The Morgan fingerprint density at radius 1 is 1.38 bits per heavy atom. The zero-order valence-corrected chi connectivity index (χ0v) is 9.46. The van der Waals surface area contributed by atoms with Crippen molar-refractivity contribution in [1.29, 1.82) is 0 Å². The topological polar surface area (TPSA) is 30.7 Å². The first-order valence-corrected chi connectivity index (χ1v) is 3.72.